The first-order chi connectivity index (χ1) is 10.0. The van der Waals surface area contributed by atoms with Gasteiger partial charge in [-0.15, -0.1) is 0 Å². The van der Waals surface area contributed by atoms with Crippen LogP contribution in [-0.2, 0) is 0 Å². The number of nitriles is 1. The summed E-state index contributed by atoms with van der Waals surface area (Å²) in [5.74, 6) is -0.415. The van der Waals surface area contributed by atoms with Crippen LogP contribution in [0.2, 0.25) is 5.02 Å². The monoisotopic (exact) mass is 300 g/mol. The molecule has 0 unspecified atom stereocenters. The molecule has 0 radical (unpaired) electrons. The molecule has 2 aromatic carbocycles. The summed E-state index contributed by atoms with van der Waals surface area (Å²) in [4.78, 5) is 10.1. The lowest BCUT2D eigenvalue weighted by Gasteiger charge is -2.01. The predicted octanol–water partition coefficient (Wildman–Crippen LogP) is 4.02. The molecule has 2 rings (SSSR count). The van der Waals surface area contributed by atoms with Crippen molar-refractivity contribution in [2.75, 3.05) is 0 Å². The van der Waals surface area contributed by atoms with Gasteiger partial charge in [-0.25, -0.2) is 0 Å². The Kier molecular flexibility index (Phi) is 4.21. The zero-order valence-electron chi connectivity index (χ0n) is 10.7. The van der Waals surface area contributed by atoms with Crippen molar-refractivity contribution in [3.8, 4) is 11.8 Å². The molecule has 0 aliphatic heterocycles. The molecule has 0 fully saturated rings. The van der Waals surface area contributed by atoms with Crippen molar-refractivity contribution in [1.82, 2.24) is 0 Å². The number of hydrogen-bond acceptors (Lipinski definition) is 4. The van der Waals surface area contributed by atoms with E-state index < -0.39 is 16.4 Å². The number of nitrogens with zero attached hydrogens (tertiary/aromatic N) is 2. The molecule has 6 heteroatoms. The van der Waals surface area contributed by atoms with E-state index >= 15 is 0 Å². The second-order valence-electron chi connectivity index (χ2n) is 4.18. The minimum absolute atomic E-state index is 0.339. The van der Waals surface area contributed by atoms with Crippen LogP contribution in [0.5, 0.6) is 5.75 Å². The van der Waals surface area contributed by atoms with Crippen LogP contribution >= 0.6 is 11.6 Å². The summed E-state index contributed by atoms with van der Waals surface area (Å²) in [6, 6.07) is 12.6. The third-order valence-corrected chi connectivity index (χ3v) is 3.03. The minimum atomic E-state index is -0.680. The van der Waals surface area contributed by atoms with Gasteiger partial charge in [0.15, 0.2) is 5.75 Å². The number of rotatable bonds is 3. The maximum absolute atomic E-state index is 10.8. The lowest BCUT2D eigenvalue weighted by Crippen LogP contribution is -1.89. The van der Waals surface area contributed by atoms with Gasteiger partial charge in [0, 0.05) is 11.1 Å². The van der Waals surface area contributed by atoms with Crippen molar-refractivity contribution in [3.05, 3.63) is 68.7 Å². The maximum Gasteiger partial charge on any atom is 0.311 e. The summed E-state index contributed by atoms with van der Waals surface area (Å²) in [5, 5.41) is 29.9. The summed E-state index contributed by atoms with van der Waals surface area (Å²) in [6.45, 7) is 0. The van der Waals surface area contributed by atoms with Crippen molar-refractivity contribution in [2.45, 2.75) is 0 Å². The number of phenolic OH excluding ortho intramolecular Hbond substituents is 1. The van der Waals surface area contributed by atoms with E-state index in [1.54, 1.807) is 24.3 Å². The molecule has 0 aliphatic carbocycles. The number of halogens is 1. The first-order valence-electron chi connectivity index (χ1n) is 5.86. The molecule has 0 heterocycles. The molecule has 5 nitrogen and oxygen atoms in total. The Labute approximate surface area is 125 Å². The highest BCUT2D eigenvalue weighted by Gasteiger charge is 2.13. The number of nitro benzene ring substituents is 1. The number of nitro groups is 1. The van der Waals surface area contributed by atoms with E-state index in [1.807, 2.05) is 6.07 Å². The van der Waals surface area contributed by atoms with Gasteiger partial charge >= 0.3 is 5.69 Å². The van der Waals surface area contributed by atoms with Crippen molar-refractivity contribution in [1.29, 1.82) is 5.26 Å². The Hall–Kier alpha value is -2.84. The van der Waals surface area contributed by atoms with E-state index in [9.17, 15) is 20.5 Å². The molecule has 104 valence electrons. The number of benzene rings is 2. The smallest absolute Gasteiger partial charge is 0.311 e. The van der Waals surface area contributed by atoms with Gasteiger partial charge in [-0.2, -0.15) is 5.26 Å². The highest BCUT2D eigenvalue weighted by Crippen LogP contribution is 2.28. The van der Waals surface area contributed by atoms with Gasteiger partial charge in [-0.3, -0.25) is 10.1 Å². The highest BCUT2D eigenvalue weighted by molar-refractivity contribution is 6.30. The molecule has 0 spiro atoms. The van der Waals surface area contributed by atoms with Crippen molar-refractivity contribution >= 4 is 28.9 Å². The van der Waals surface area contributed by atoms with Gasteiger partial charge in [0.05, 0.1) is 16.6 Å². The summed E-state index contributed by atoms with van der Waals surface area (Å²) < 4.78 is 0. The Morgan fingerprint density at radius 1 is 1.29 bits per heavy atom. The summed E-state index contributed by atoms with van der Waals surface area (Å²) in [6.07, 6.45) is 1.51. The fourth-order valence-electron chi connectivity index (χ4n) is 1.75. The molecule has 1 N–H and O–H groups in total. The van der Waals surface area contributed by atoms with Gasteiger partial charge in [0.2, 0.25) is 0 Å². The summed E-state index contributed by atoms with van der Waals surface area (Å²) >= 11 is 5.79. The normalized spacial score (nSPS) is 11.0. The Morgan fingerprint density at radius 2 is 1.95 bits per heavy atom. The van der Waals surface area contributed by atoms with E-state index in [1.165, 1.54) is 24.3 Å². The minimum Gasteiger partial charge on any atom is -0.502 e. The lowest BCUT2D eigenvalue weighted by molar-refractivity contribution is -0.385. The van der Waals surface area contributed by atoms with Crippen molar-refractivity contribution < 1.29 is 10.0 Å². The summed E-state index contributed by atoms with van der Waals surface area (Å²) in [7, 11) is 0. The molecule has 0 amide bonds. The third-order valence-electron chi connectivity index (χ3n) is 2.78. The number of phenols is 1. The molecule has 21 heavy (non-hydrogen) atoms. The van der Waals surface area contributed by atoms with Crippen molar-refractivity contribution in [3.63, 3.8) is 0 Å². The van der Waals surface area contributed by atoms with Crippen LogP contribution in [0.3, 0.4) is 0 Å². The SMILES string of the molecule is N#CC(=Cc1ccc(O)c([N+](=O)[O-])c1)c1ccc(Cl)cc1. The van der Waals surface area contributed by atoms with Crippen LogP contribution in [0.25, 0.3) is 11.6 Å². The van der Waals surface area contributed by atoms with Crippen LogP contribution in [0.4, 0.5) is 5.69 Å². The van der Waals surface area contributed by atoms with Crippen LogP contribution in [-0.4, -0.2) is 10.0 Å². The molecule has 2 aromatic rings. The molecule has 0 atom stereocenters. The first kappa shape index (κ1) is 14.6. The maximum atomic E-state index is 10.8. The largest absolute Gasteiger partial charge is 0.502 e. The van der Waals surface area contributed by atoms with E-state index in [0.717, 1.165) is 0 Å². The zero-order valence-corrected chi connectivity index (χ0v) is 11.4. The molecular formula is C15H9ClN2O3. The quantitative estimate of drug-likeness (QED) is 0.401. The molecule has 0 aliphatic rings. The lowest BCUT2D eigenvalue weighted by atomic mass is 10.0. The van der Waals surface area contributed by atoms with E-state index in [0.29, 0.717) is 21.7 Å². The van der Waals surface area contributed by atoms with Gasteiger partial charge in [0.1, 0.15) is 0 Å². The van der Waals surface area contributed by atoms with E-state index in [-0.39, 0.29) is 0 Å². The second kappa shape index (κ2) is 6.07. The van der Waals surface area contributed by atoms with E-state index in [2.05, 4.69) is 0 Å². The van der Waals surface area contributed by atoms with Gasteiger partial charge in [0.25, 0.3) is 0 Å². The van der Waals surface area contributed by atoms with E-state index in [4.69, 9.17) is 11.6 Å². The van der Waals surface area contributed by atoms with Gasteiger partial charge in [-0.05, 0) is 35.4 Å². The van der Waals surface area contributed by atoms with Gasteiger partial charge < -0.3 is 5.11 Å². The average Bonchev–Trinajstić information content (AvgIpc) is 2.47. The topological polar surface area (TPSA) is 87.2 Å². The van der Waals surface area contributed by atoms with Crippen LogP contribution in [0.1, 0.15) is 11.1 Å². The molecule has 0 bridgehead atoms. The Morgan fingerprint density at radius 3 is 2.52 bits per heavy atom. The number of aromatic hydroxyl groups is 1. The third kappa shape index (κ3) is 3.38. The zero-order chi connectivity index (χ0) is 15.4. The van der Waals surface area contributed by atoms with Gasteiger partial charge in [-0.1, -0.05) is 29.8 Å². The molecule has 0 saturated carbocycles. The highest BCUT2D eigenvalue weighted by atomic mass is 35.5. The second-order valence-corrected chi connectivity index (χ2v) is 4.62. The average molecular weight is 301 g/mol. The molecule has 0 aromatic heterocycles. The number of hydrogen-bond donors (Lipinski definition) is 1. The summed E-state index contributed by atoms with van der Waals surface area (Å²) in [5.41, 5.74) is 1.03. The molecule has 0 saturated heterocycles. The van der Waals surface area contributed by atoms with Crippen molar-refractivity contribution in [2.24, 2.45) is 0 Å². The Bertz CT molecular complexity index is 761. The van der Waals surface area contributed by atoms with Crippen LogP contribution < -0.4 is 0 Å². The fourth-order valence-corrected chi connectivity index (χ4v) is 1.88. The van der Waals surface area contributed by atoms with Crippen LogP contribution in [0, 0.1) is 21.4 Å². The fraction of sp³-hybridized carbons (Fsp3) is 0. The Balaban J connectivity index is 2.46. The first-order valence-corrected chi connectivity index (χ1v) is 6.24. The number of allylic oxidation sites excluding steroid dienone is 1. The predicted molar refractivity (Wildman–Crippen MR) is 79.7 cm³/mol. The standard InChI is InChI=1S/C15H9ClN2O3/c16-13-4-2-11(3-5-13)12(9-17)7-10-1-6-15(19)14(8-10)18(20)21/h1-8,19H. The molecular weight excluding hydrogens is 292 g/mol. The van der Waals surface area contributed by atoms with Crippen LogP contribution in [0.15, 0.2) is 42.5 Å².